The van der Waals surface area contributed by atoms with Crippen LogP contribution in [0.1, 0.15) is 37.0 Å². The lowest BCUT2D eigenvalue weighted by Crippen LogP contribution is -2.41. The van der Waals surface area contributed by atoms with Crippen molar-refractivity contribution in [1.82, 2.24) is 20.8 Å². The van der Waals surface area contributed by atoms with Gasteiger partial charge in [0.2, 0.25) is 5.91 Å². The molecule has 32 heavy (non-hydrogen) atoms. The monoisotopic (exact) mass is 436 g/mol. The third-order valence-corrected chi connectivity index (χ3v) is 5.12. The molecule has 1 aromatic heterocycles. The first-order valence-electron chi connectivity index (χ1n) is 10.6. The number of carbonyl (C=O) groups excluding carboxylic acids is 3. The number of aromatic amines is 1. The van der Waals surface area contributed by atoms with Crippen LogP contribution in [-0.2, 0) is 9.59 Å². The molecule has 0 aliphatic carbocycles. The van der Waals surface area contributed by atoms with Crippen LogP contribution in [0.3, 0.4) is 0 Å². The summed E-state index contributed by atoms with van der Waals surface area (Å²) in [5, 5.41) is 13.4. The van der Waals surface area contributed by atoms with E-state index >= 15 is 0 Å². The zero-order valence-electron chi connectivity index (χ0n) is 18.5. The number of carbonyl (C=O) groups is 3. The van der Waals surface area contributed by atoms with Crippen LogP contribution in [-0.4, -0.2) is 48.0 Å². The lowest BCUT2D eigenvalue weighted by molar-refractivity contribution is -0.125. The van der Waals surface area contributed by atoms with Crippen molar-refractivity contribution in [3.05, 3.63) is 48.2 Å². The molecule has 1 atom stereocenters. The molecule has 2 amide bonds. The van der Waals surface area contributed by atoms with E-state index < -0.39 is 0 Å². The van der Waals surface area contributed by atoms with Crippen molar-refractivity contribution in [1.29, 1.82) is 0 Å². The van der Waals surface area contributed by atoms with E-state index in [4.69, 9.17) is 4.74 Å². The Morgan fingerprint density at radius 3 is 2.72 bits per heavy atom. The first kappa shape index (κ1) is 23.0. The maximum absolute atomic E-state index is 12.4. The molecule has 3 rings (SSSR count). The molecule has 8 heteroatoms. The van der Waals surface area contributed by atoms with Crippen LogP contribution < -0.4 is 15.4 Å². The molecule has 0 unspecified atom stereocenters. The number of fused-ring (bicyclic) bond motifs is 1. The van der Waals surface area contributed by atoms with E-state index in [1.54, 1.807) is 25.4 Å². The molecule has 0 fully saturated rings. The van der Waals surface area contributed by atoms with Gasteiger partial charge in [0.1, 0.15) is 5.75 Å². The fourth-order valence-electron chi connectivity index (χ4n) is 3.66. The van der Waals surface area contributed by atoms with Crippen LogP contribution >= 0.6 is 0 Å². The maximum atomic E-state index is 12.4. The smallest absolute Gasteiger partial charge is 0.258 e. The molecule has 168 valence electrons. The van der Waals surface area contributed by atoms with Crippen LogP contribution in [0.2, 0.25) is 0 Å². The number of aldehydes is 1. The minimum Gasteiger partial charge on any atom is -0.483 e. The average Bonchev–Trinajstić information content (AvgIpc) is 3.26. The van der Waals surface area contributed by atoms with Gasteiger partial charge in [0.25, 0.3) is 5.91 Å². The van der Waals surface area contributed by atoms with E-state index in [-0.39, 0.29) is 30.9 Å². The number of rotatable bonds is 10. The number of aromatic nitrogens is 2. The zero-order chi connectivity index (χ0) is 23.1. The molecular formula is C24H28N4O4. The molecule has 8 nitrogen and oxygen atoms in total. The predicted octanol–water partition coefficient (Wildman–Crippen LogP) is 3.09. The lowest BCUT2D eigenvalue weighted by atomic mass is 10.00. The second-order valence-corrected chi connectivity index (χ2v) is 8.07. The number of ether oxygens (including phenoxy) is 1. The van der Waals surface area contributed by atoms with Gasteiger partial charge in [-0.05, 0) is 41.7 Å². The second kappa shape index (κ2) is 10.6. The highest BCUT2D eigenvalue weighted by atomic mass is 16.5. The number of nitrogens with one attached hydrogen (secondary N) is 3. The molecule has 0 bridgehead atoms. The Balaban J connectivity index is 1.69. The van der Waals surface area contributed by atoms with E-state index in [0.29, 0.717) is 29.9 Å². The van der Waals surface area contributed by atoms with Crippen molar-refractivity contribution >= 4 is 29.0 Å². The average molecular weight is 437 g/mol. The summed E-state index contributed by atoms with van der Waals surface area (Å²) in [6.07, 6.45) is 3.33. The van der Waals surface area contributed by atoms with Gasteiger partial charge >= 0.3 is 0 Å². The molecule has 0 aliphatic rings. The van der Waals surface area contributed by atoms with E-state index in [0.717, 1.165) is 22.0 Å². The molecular weight excluding hydrogens is 408 g/mol. The summed E-state index contributed by atoms with van der Waals surface area (Å²) in [5.74, 6) is 0.164. The van der Waals surface area contributed by atoms with Gasteiger partial charge in [0.05, 0.1) is 17.3 Å². The van der Waals surface area contributed by atoms with Gasteiger partial charge in [0, 0.05) is 24.9 Å². The number of nitrogens with zero attached hydrogens (tertiary/aromatic N) is 1. The molecule has 0 aliphatic heterocycles. The van der Waals surface area contributed by atoms with Crippen molar-refractivity contribution in [3.63, 3.8) is 0 Å². The first-order valence-corrected chi connectivity index (χ1v) is 10.6. The van der Waals surface area contributed by atoms with Crippen molar-refractivity contribution in [2.45, 2.75) is 32.7 Å². The summed E-state index contributed by atoms with van der Waals surface area (Å²) < 4.78 is 5.63. The number of amides is 2. The largest absolute Gasteiger partial charge is 0.483 e. The third-order valence-electron chi connectivity index (χ3n) is 5.12. The van der Waals surface area contributed by atoms with E-state index in [2.05, 4.69) is 20.8 Å². The summed E-state index contributed by atoms with van der Waals surface area (Å²) in [7, 11) is 1.57. The SMILES string of the molecule is CNC(=O)C[C@H](CC(C)C)NC(=O)COc1ccc(-c2cccc3[nH]ncc23)cc1C=O. The zero-order valence-corrected chi connectivity index (χ0v) is 18.5. The van der Waals surface area contributed by atoms with Gasteiger partial charge in [-0.2, -0.15) is 5.10 Å². The Morgan fingerprint density at radius 1 is 1.19 bits per heavy atom. The number of H-pyrrole nitrogens is 1. The van der Waals surface area contributed by atoms with Gasteiger partial charge in [0.15, 0.2) is 12.9 Å². The Labute approximate surface area is 186 Å². The van der Waals surface area contributed by atoms with Crippen LogP contribution in [0, 0.1) is 5.92 Å². The van der Waals surface area contributed by atoms with Crippen molar-refractivity contribution in [2.75, 3.05) is 13.7 Å². The van der Waals surface area contributed by atoms with Gasteiger partial charge in [-0.15, -0.1) is 0 Å². The Morgan fingerprint density at radius 2 is 2.00 bits per heavy atom. The molecule has 1 heterocycles. The van der Waals surface area contributed by atoms with Crippen LogP contribution in [0.5, 0.6) is 5.75 Å². The predicted molar refractivity (Wildman–Crippen MR) is 122 cm³/mol. The standard InChI is InChI=1S/C24H28N4O4/c1-15(2)9-18(11-23(30)25-3)27-24(31)14-32-22-8-7-16(10-17(22)13-29)19-5-4-6-21-20(19)12-26-28-21/h4-8,10,12-13,15,18H,9,11,14H2,1-3H3,(H,25,30)(H,26,28)(H,27,31)/t18-/m0/s1. The number of hydrogen-bond donors (Lipinski definition) is 3. The van der Waals surface area contributed by atoms with E-state index in [1.807, 2.05) is 38.1 Å². The van der Waals surface area contributed by atoms with Gasteiger partial charge < -0.3 is 15.4 Å². The molecule has 3 aromatic rings. The van der Waals surface area contributed by atoms with E-state index in [9.17, 15) is 14.4 Å². The van der Waals surface area contributed by atoms with Crippen molar-refractivity contribution < 1.29 is 19.1 Å². The number of benzene rings is 2. The van der Waals surface area contributed by atoms with Gasteiger partial charge in [-0.1, -0.05) is 32.0 Å². The maximum Gasteiger partial charge on any atom is 0.258 e. The Hall–Kier alpha value is -3.68. The van der Waals surface area contributed by atoms with Crippen molar-refractivity contribution in [2.24, 2.45) is 5.92 Å². The summed E-state index contributed by atoms with van der Waals surface area (Å²) in [6, 6.07) is 10.8. The Kier molecular flexibility index (Phi) is 7.59. The highest BCUT2D eigenvalue weighted by molar-refractivity contribution is 5.95. The summed E-state index contributed by atoms with van der Waals surface area (Å²) in [4.78, 5) is 35.8. The normalized spacial score (nSPS) is 11.9. The summed E-state index contributed by atoms with van der Waals surface area (Å²) in [5.41, 5.74) is 3.03. The van der Waals surface area contributed by atoms with Crippen LogP contribution in [0.25, 0.3) is 22.0 Å². The fraction of sp³-hybridized carbons (Fsp3) is 0.333. The number of hydrogen-bond acceptors (Lipinski definition) is 5. The Bertz CT molecular complexity index is 1110. The van der Waals surface area contributed by atoms with Crippen LogP contribution in [0.4, 0.5) is 0 Å². The third kappa shape index (κ3) is 5.72. The first-order chi connectivity index (χ1) is 15.4. The molecule has 2 aromatic carbocycles. The molecule has 0 radical (unpaired) electrons. The fourth-order valence-corrected chi connectivity index (χ4v) is 3.66. The summed E-state index contributed by atoms with van der Waals surface area (Å²) in [6.45, 7) is 3.81. The quantitative estimate of drug-likeness (QED) is 0.423. The highest BCUT2D eigenvalue weighted by Crippen LogP contribution is 2.30. The summed E-state index contributed by atoms with van der Waals surface area (Å²) >= 11 is 0. The second-order valence-electron chi connectivity index (χ2n) is 8.07. The molecule has 3 N–H and O–H groups in total. The minimum atomic E-state index is -0.344. The molecule has 0 spiro atoms. The van der Waals surface area contributed by atoms with Gasteiger partial charge in [-0.3, -0.25) is 19.5 Å². The van der Waals surface area contributed by atoms with Gasteiger partial charge in [-0.25, -0.2) is 0 Å². The minimum absolute atomic E-state index is 0.136. The van der Waals surface area contributed by atoms with Crippen LogP contribution in [0.15, 0.2) is 42.6 Å². The van der Waals surface area contributed by atoms with Crippen molar-refractivity contribution in [3.8, 4) is 16.9 Å². The topological polar surface area (TPSA) is 113 Å². The van der Waals surface area contributed by atoms with E-state index in [1.165, 1.54) is 0 Å². The highest BCUT2D eigenvalue weighted by Gasteiger charge is 2.18. The molecule has 0 saturated carbocycles. The molecule has 0 saturated heterocycles. The lowest BCUT2D eigenvalue weighted by Gasteiger charge is -2.20.